The molecule has 2 N–H and O–H groups in total. The molecule has 132 valence electrons. The fraction of sp³-hybridized carbons (Fsp3) is 0.143. The van der Waals surface area contributed by atoms with E-state index >= 15 is 0 Å². The zero-order valence-corrected chi connectivity index (χ0v) is 14.3. The lowest BCUT2D eigenvalue weighted by molar-refractivity contribution is 0.102. The van der Waals surface area contributed by atoms with E-state index in [1.165, 1.54) is 11.6 Å². The Labute approximate surface area is 151 Å². The summed E-state index contributed by atoms with van der Waals surface area (Å²) >= 11 is 0. The van der Waals surface area contributed by atoms with E-state index in [0.717, 1.165) is 12.0 Å². The number of carbonyl (C=O) groups excluding carboxylic acids is 1. The number of anilines is 1. The van der Waals surface area contributed by atoms with Crippen molar-refractivity contribution >= 4 is 11.6 Å². The normalized spacial score (nSPS) is 10.5. The molecule has 0 atom stereocenters. The lowest BCUT2D eigenvalue weighted by Crippen LogP contribution is -2.17. The fourth-order valence-corrected chi connectivity index (χ4v) is 2.54. The molecule has 0 aliphatic carbocycles. The maximum atomic E-state index is 12.2. The van der Waals surface area contributed by atoms with Crippen LogP contribution in [-0.4, -0.2) is 17.5 Å². The maximum Gasteiger partial charge on any atom is 0.272 e. The van der Waals surface area contributed by atoms with Gasteiger partial charge in [-0.1, -0.05) is 48.5 Å². The zero-order valence-electron chi connectivity index (χ0n) is 14.3. The molecule has 1 amide bonds. The largest absolute Gasteiger partial charge is 0.376 e. The predicted octanol–water partition coefficient (Wildman–Crippen LogP) is 3.39. The standard InChI is InChI=1S/C21H20N2O3/c24-20-11-5-10-19(23-20)21(25)22-18-9-4-8-17(14-18)15-26-13-12-16-6-2-1-3-7-16/h1-11,14H,12-13,15H2,(H,22,25)(H,23,24). The van der Waals surface area contributed by atoms with E-state index in [2.05, 4.69) is 22.4 Å². The Morgan fingerprint density at radius 3 is 2.50 bits per heavy atom. The second kappa shape index (κ2) is 8.78. The van der Waals surface area contributed by atoms with Gasteiger partial charge in [0.05, 0.1) is 13.2 Å². The third-order valence-corrected chi connectivity index (χ3v) is 3.84. The molecule has 2 aromatic carbocycles. The average molecular weight is 348 g/mol. The minimum Gasteiger partial charge on any atom is -0.376 e. The number of aromatic amines is 1. The average Bonchev–Trinajstić information content (AvgIpc) is 2.66. The van der Waals surface area contributed by atoms with Gasteiger partial charge in [-0.25, -0.2) is 0 Å². The molecule has 0 aliphatic heterocycles. The quantitative estimate of drug-likeness (QED) is 0.643. The molecule has 3 rings (SSSR count). The van der Waals surface area contributed by atoms with Crippen molar-refractivity contribution in [3.8, 4) is 0 Å². The topological polar surface area (TPSA) is 71.2 Å². The number of ether oxygens (including phenoxy) is 1. The van der Waals surface area contributed by atoms with Gasteiger partial charge in [0.1, 0.15) is 5.69 Å². The van der Waals surface area contributed by atoms with Crippen LogP contribution in [0.15, 0.2) is 77.6 Å². The predicted molar refractivity (Wildman–Crippen MR) is 101 cm³/mol. The van der Waals surface area contributed by atoms with Gasteiger partial charge in [-0.05, 0) is 35.7 Å². The molecule has 1 aromatic heterocycles. The molecule has 0 spiro atoms. The summed E-state index contributed by atoms with van der Waals surface area (Å²) in [5, 5.41) is 2.78. The molecule has 5 heteroatoms. The summed E-state index contributed by atoms with van der Waals surface area (Å²) in [5.41, 5.74) is 2.78. The number of carbonyl (C=O) groups is 1. The molecule has 0 bridgehead atoms. The molecule has 1 heterocycles. The van der Waals surface area contributed by atoms with E-state index in [-0.39, 0.29) is 17.2 Å². The maximum absolute atomic E-state index is 12.2. The number of hydrogen-bond donors (Lipinski definition) is 2. The van der Waals surface area contributed by atoms with Crippen molar-refractivity contribution in [1.29, 1.82) is 0 Å². The van der Waals surface area contributed by atoms with Gasteiger partial charge in [0.2, 0.25) is 5.56 Å². The van der Waals surface area contributed by atoms with Gasteiger partial charge in [0, 0.05) is 11.8 Å². The van der Waals surface area contributed by atoms with Crippen LogP contribution in [0.4, 0.5) is 5.69 Å². The molecule has 0 radical (unpaired) electrons. The highest BCUT2D eigenvalue weighted by atomic mass is 16.5. The monoisotopic (exact) mass is 348 g/mol. The number of benzene rings is 2. The summed E-state index contributed by atoms with van der Waals surface area (Å²) in [6.45, 7) is 1.10. The smallest absolute Gasteiger partial charge is 0.272 e. The molecule has 0 saturated heterocycles. The summed E-state index contributed by atoms with van der Waals surface area (Å²) in [7, 11) is 0. The van der Waals surface area contributed by atoms with Crippen LogP contribution in [-0.2, 0) is 17.8 Å². The zero-order chi connectivity index (χ0) is 18.2. The SMILES string of the molecule is O=C(Nc1cccc(COCCc2ccccc2)c1)c1cccc(=O)[nH]1. The molecule has 0 fully saturated rings. The Hall–Kier alpha value is -3.18. The van der Waals surface area contributed by atoms with Gasteiger partial charge < -0.3 is 15.0 Å². The Balaban J connectivity index is 1.53. The van der Waals surface area contributed by atoms with Crippen LogP contribution >= 0.6 is 0 Å². The van der Waals surface area contributed by atoms with E-state index in [9.17, 15) is 9.59 Å². The molecule has 0 aliphatic rings. The number of hydrogen-bond acceptors (Lipinski definition) is 3. The van der Waals surface area contributed by atoms with Crippen molar-refractivity contribution in [3.05, 3.63) is 100.0 Å². The Morgan fingerprint density at radius 1 is 0.923 bits per heavy atom. The van der Waals surface area contributed by atoms with Gasteiger partial charge in [0.15, 0.2) is 0 Å². The Bertz CT molecular complexity index is 920. The van der Waals surface area contributed by atoms with Gasteiger partial charge in [-0.15, -0.1) is 0 Å². The summed E-state index contributed by atoms with van der Waals surface area (Å²) in [6, 6.07) is 22.1. The van der Waals surface area contributed by atoms with Crippen LogP contribution in [0.25, 0.3) is 0 Å². The molecule has 3 aromatic rings. The van der Waals surface area contributed by atoms with Crippen LogP contribution in [0.5, 0.6) is 0 Å². The van der Waals surface area contributed by atoms with Crippen LogP contribution in [0.3, 0.4) is 0 Å². The first-order valence-corrected chi connectivity index (χ1v) is 8.42. The first-order chi connectivity index (χ1) is 12.7. The molecular weight excluding hydrogens is 328 g/mol. The highest BCUT2D eigenvalue weighted by Gasteiger charge is 2.07. The minimum atomic E-state index is -0.357. The van der Waals surface area contributed by atoms with E-state index in [0.29, 0.717) is 18.9 Å². The number of aromatic nitrogens is 1. The van der Waals surface area contributed by atoms with E-state index in [1.54, 1.807) is 18.2 Å². The third kappa shape index (κ3) is 5.16. The van der Waals surface area contributed by atoms with Crippen LogP contribution < -0.4 is 10.9 Å². The van der Waals surface area contributed by atoms with Crippen LogP contribution in [0, 0.1) is 0 Å². The number of H-pyrrole nitrogens is 1. The van der Waals surface area contributed by atoms with E-state index in [1.807, 2.05) is 36.4 Å². The van der Waals surface area contributed by atoms with E-state index in [4.69, 9.17) is 4.74 Å². The molecule has 0 unspecified atom stereocenters. The summed E-state index contributed by atoms with van der Waals surface area (Å²) < 4.78 is 5.72. The van der Waals surface area contributed by atoms with Crippen molar-refractivity contribution in [3.63, 3.8) is 0 Å². The summed E-state index contributed by atoms with van der Waals surface area (Å²) in [6.07, 6.45) is 0.860. The fourth-order valence-electron chi connectivity index (χ4n) is 2.54. The number of pyridine rings is 1. The second-order valence-corrected chi connectivity index (χ2v) is 5.87. The summed E-state index contributed by atoms with van der Waals surface area (Å²) in [5.74, 6) is -0.357. The van der Waals surface area contributed by atoms with Crippen molar-refractivity contribution in [1.82, 2.24) is 4.98 Å². The first-order valence-electron chi connectivity index (χ1n) is 8.42. The first kappa shape index (κ1) is 17.6. The molecule has 26 heavy (non-hydrogen) atoms. The van der Waals surface area contributed by atoms with Crippen LogP contribution in [0.1, 0.15) is 21.6 Å². The highest BCUT2D eigenvalue weighted by Crippen LogP contribution is 2.13. The number of amides is 1. The van der Waals surface area contributed by atoms with Gasteiger partial charge in [-0.2, -0.15) is 0 Å². The minimum absolute atomic E-state index is 0.224. The van der Waals surface area contributed by atoms with Crippen molar-refractivity contribution in [2.45, 2.75) is 13.0 Å². The molecule has 0 saturated carbocycles. The summed E-state index contributed by atoms with van der Waals surface area (Å²) in [4.78, 5) is 26.0. The van der Waals surface area contributed by atoms with Gasteiger partial charge in [-0.3, -0.25) is 9.59 Å². The van der Waals surface area contributed by atoms with Crippen molar-refractivity contribution in [2.75, 3.05) is 11.9 Å². The van der Waals surface area contributed by atoms with Gasteiger partial charge in [0.25, 0.3) is 5.91 Å². The van der Waals surface area contributed by atoms with Crippen molar-refractivity contribution < 1.29 is 9.53 Å². The van der Waals surface area contributed by atoms with Gasteiger partial charge >= 0.3 is 0 Å². The number of rotatable bonds is 7. The van der Waals surface area contributed by atoms with E-state index < -0.39 is 0 Å². The lowest BCUT2D eigenvalue weighted by Gasteiger charge is -2.08. The Kier molecular flexibility index (Phi) is 5.96. The van der Waals surface area contributed by atoms with Crippen molar-refractivity contribution in [2.24, 2.45) is 0 Å². The van der Waals surface area contributed by atoms with Crippen LogP contribution in [0.2, 0.25) is 0 Å². The highest BCUT2D eigenvalue weighted by molar-refractivity contribution is 6.02. The third-order valence-electron chi connectivity index (χ3n) is 3.84. The number of nitrogens with one attached hydrogen (secondary N) is 2. The molecular formula is C21H20N2O3. The molecule has 5 nitrogen and oxygen atoms in total. The lowest BCUT2D eigenvalue weighted by atomic mass is 10.2. The second-order valence-electron chi connectivity index (χ2n) is 5.87. The Morgan fingerprint density at radius 2 is 1.69 bits per heavy atom.